The number of anilines is 1. The molecule has 5 aliphatic heterocycles. The van der Waals surface area contributed by atoms with E-state index in [0.29, 0.717) is 68.6 Å². The van der Waals surface area contributed by atoms with Gasteiger partial charge in [-0.15, -0.1) is 0 Å². The van der Waals surface area contributed by atoms with Gasteiger partial charge in [-0.1, -0.05) is 126 Å². The Labute approximate surface area is 763 Å². The molecule has 11 rings (SSSR count). The Morgan fingerprint density at radius 1 is 0.710 bits per heavy atom. The van der Waals surface area contributed by atoms with Crippen molar-refractivity contribution in [3.63, 3.8) is 0 Å². The Hall–Kier alpha value is -11.6. The second-order valence-corrected chi connectivity index (χ2v) is 37.2. The summed E-state index contributed by atoms with van der Waals surface area (Å²) in [7, 11) is 5.54. The van der Waals surface area contributed by atoms with Crippen LogP contribution in [0, 0.1) is 23.2 Å². The number of Topliss-reactive ketones (excluding diaryl/α,β-unsaturated/α-hetero) is 3. The smallest absolute Gasteiger partial charge is 0.407 e. The van der Waals surface area contributed by atoms with Crippen LogP contribution in [0.25, 0.3) is 10.9 Å². The fourth-order valence-corrected chi connectivity index (χ4v) is 22.2. The zero-order valence-electron chi connectivity index (χ0n) is 73.5. The van der Waals surface area contributed by atoms with Gasteiger partial charge in [0.1, 0.15) is 30.5 Å². The van der Waals surface area contributed by atoms with Crippen molar-refractivity contribution in [3.8, 4) is 5.75 Å². The van der Waals surface area contributed by atoms with Crippen molar-refractivity contribution in [2.45, 2.75) is 194 Å². The average Bonchev–Trinajstić information content (AvgIpc) is 1.57. The van der Waals surface area contributed by atoms with Crippen molar-refractivity contribution >= 4 is 128 Å². The number of aliphatic hydroxyl groups excluding tert-OH is 1. The number of nitrogens with two attached hydrogens (primary N) is 1. The number of ether oxygens (including phenoxy) is 3. The van der Waals surface area contributed by atoms with Crippen molar-refractivity contribution in [1.29, 1.82) is 0 Å². The number of carboxylic acid groups (broad SMARTS) is 4. The van der Waals surface area contributed by atoms with Gasteiger partial charge in [0.15, 0.2) is 29.2 Å². The van der Waals surface area contributed by atoms with Crippen LogP contribution in [0.15, 0.2) is 109 Å². The van der Waals surface area contributed by atoms with E-state index in [1.165, 1.54) is 5.56 Å². The molecule has 1 saturated carbocycles. The number of hydrogen-bond acceptors (Lipinski definition) is 28. The van der Waals surface area contributed by atoms with E-state index >= 15 is 4.79 Å². The number of alkyl carbamates (subject to hydrolysis) is 1. The lowest BCUT2D eigenvalue weighted by atomic mass is 9.47. The van der Waals surface area contributed by atoms with Gasteiger partial charge in [-0.25, -0.2) is 14.4 Å². The number of methoxy groups -OCH3 is 1. The van der Waals surface area contributed by atoms with Crippen molar-refractivity contribution < 1.29 is 127 Å². The second-order valence-electron chi connectivity index (χ2n) is 34.5. The highest BCUT2D eigenvalue weighted by Crippen LogP contribution is 2.68. The molecule has 3 fully saturated rings. The van der Waals surface area contributed by atoms with Gasteiger partial charge in [-0.05, 0) is 112 Å². The highest BCUT2D eigenvalue weighted by Gasteiger charge is 2.78. The van der Waals surface area contributed by atoms with Crippen molar-refractivity contribution in [2.24, 2.45) is 28.9 Å². The number of piperidine rings is 1. The Morgan fingerprint density at radius 2 is 1.39 bits per heavy atom. The number of fused-ring (bicyclic) bond motifs is 6. The maximum Gasteiger partial charge on any atom is 0.407 e. The molecule has 7 amide bonds. The Kier molecular flexibility index (Phi) is 35.2. The number of aliphatic carboxylic acids is 4. The number of aromatic amines is 1. The van der Waals surface area contributed by atoms with Crippen LogP contribution in [0.3, 0.4) is 0 Å². The maximum atomic E-state index is 15.4. The minimum Gasteiger partial charge on any atom is -0.496 e. The fraction of sp³-hybridized carbons (Fsp3) is 0.527. The first-order valence-corrected chi connectivity index (χ1v) is 46.0. The summed E-state index contributed by atoms with van der Waals surface area (Å²) in [4.78, 5) is 210. The summed E-state index contributed by atoms with van der Waals surface area (Å²) in [5.41, 5.74) is 7.08. The maximum absolute atomic E-state index is 15.4. The molecule has 1 aromatic heterocycles. The molecule has 6 aliphatic rings. The van der Waals surface area contributed by atoms with Crippen LogP contribution in [0.5, 0.6) is 5.75 Å². The molecule has 40 heteroatoms. The largest absolute Gasteiger partial charge is 0.496 e. The predicted molar refractivity (Wildman–Crippen MR) is 476 cm³/mol. The van der Waals surface area contributed by atoms with E-state index in [-0.39, 0.29) is 74.9 Å². The van der Waals surface area contributed by atoms with Crippen molar-refractivity contribution in [1.82, 2.24) is 52.0 Å². The second kappa shape index (κ2) is 45.5. The number of para-hydroxylation sites is 1. The molecule has 6 heterocycles. The van der Waals surface area contributed by atoms with Gasteiger partial charge in [0.05, 0.1) is 56.1 Å². The summed E-state index contributed by atoms with van der Waals surface area (Å²) in [6.45, 7) is 7.63. The quantitative estimate of drug-likeness (QED) is 0.00874. The summed E-state index contributed by atoms with van der Waals surface area (Å²) >= 11 is 0. The number of urea groups is 1. The van der Waals surface area contributed by atoms with E-state index in [2.05, 4.69) is 87.9 Å². The van der Waals surface area contributed by atoms with Crippen LogP contribution in [0.4, 0.5) is 15.3 Å². The Morgan fingerprint density at radius 3 is 2.05 bits per heavy atom. The predicted octanol–water partition coefficient (Wildman–Crippen LogP) is 3.20. The third-order valence-corrected chi connectivity index (χ3v) is 28.6. The van der Waals surface area contributed by atoms with Gasteiger partial charge in [0.25, 0.3) is 6.47 Å². The zero-order valence-corrected chi connectivity index (χ0v) is 75.2. The number of carbonyl (C=O) groups is 14. The summed E-state index contributed by atoms with van der Waals surface area (Å²) in [5.74, 6) is -13.6. The molecule has 5 aromatic rings. The molecule has 2 unspecified atom stereocenters. The number of carboxylic acids is 4. The first-order valence-electron chi connectivity index (χ1n) is 43.6. The number of likely N-dealkylation sites (N-methyl/N-ethyl adjacent to an activating group) is 1. The number of nitrogens with zero attached hydrogens (tertiary/aromatic N) is 3. The monoisotopic (exact) mass is 1860 g/mol. The molecule has 38 nitrogen and oxygen atoms in total. The minimum absolute atomic E-state index is 0.0339. The van der Waals surface area contributed by atoms with E-state index in [1.54, 1.807) is 67.8 Å². The third-order valence-electron chi connectivity index (χ3n) is 26.2. The number of amides is 7. The molecule has 17 N–H and O–H groups in total. The molecule has 17 atom stereocenters. The normalized spacial score (nSPS) is 24.2. The third kappa shape index (κ3) is 24.0. The summed E-state index contributed by atoms with van der Waals surface area (Å²) in [6, 6.07) is 20.8. The lowest BCUT2D eigenvalue weighted by Gasteiger charge is -2.63. The van der Waals surface area contributed by atoms with Crippen molar-refractivity contribution in [3.05, 3.63) is 143 Å². The van der Waals surface area contributed by atoms with Crippen molar-refractivity contribution in [2.75, 3.05) is 89.5 Å². The van der Waals surface area contributed by atoms with E-state index in [0.717, 1.165) is 74.5 Å². The topological polar surface area (TPSA) is 578 Å². The fourth-order valence-electron chi connectivity index (χ4n) is 20.1. The first-order chi connectivity index (χ1) is 62.5. The molecule has 2 bridgehead atoms. The lowest BCUT2D eigenvalue weighted by Crippen LogP contribution is -2.81. The first kappa shape index (κ1) is 102. The van der Waals surface area contributed by atoms with Crippen LogP contribution >= 0.6 is 21.6 Å². The van der Waals surface area contributed by atoms with Crippen LogP contribution < -0.4 is 52.6 Å². The number of nitrogens with one attached hydrogen (secondary N) is 8. The molecule has 708 valence electrons. The summed E-state index contributed by atoms with van der Waals surface area (Å²) in [5, 5.41) is 95.6. The van der Waals surface area contributed by atoms with Crippen LogP contribution in [-0.4, -0.2) is 285 Å². The summed E-state index contributed by atoms with van der Waals surface area (Å²) in [6.07, 6.45) is -0.844. The molecular weight excluding hydrogens is 1740 g/mol. The molecule has 2 saturated heterocycles. The van der Waals surface area contributed by atoms with E-state index in [9.17, 15) is 93.0 Å². The van der Waals surface area contributed by atoms with E-state index in [4.69, 9.17) is 29.9 Å². The molecular formula is C91H116N12O26S2. The minimum atomic E-state index is -2.50. The number of benzene rings is 4. The molecule has 0 radical (unpaired) electrons. The average molecular weight is 1860 g/mol. The van der Waals surface area contributed by atoms with E-state index < -0.39 is 210 Å². The number of rotatable bonds is 46. The Bertz CT molecular complexity index is 5060. The molecule has 1 spiro atoms. The zero-order chi connectivity index (χ0) is 95.3. The van der Waals surface area contributed by atoms with Crippen LogP contribution in [-0.2, 0) is 107 Å². The number of ketones is 3. The lowest BCUT2D eigenvalue weighted by molar-refractivity contribution is -0.201. The molecule has 1 aliphatic carbocycles. The summed E-state index contributed by atoms with van der Waals surface area (Å²) < 4.78 is 16.6. The van der Waals surface area contributed by atoms with Gasteiger partial charge in [0, 0.05) is 152 Å². The highest BCUT2D eigenvalue weighted by molar-refractivity contribution is 8.76. The molecule has 131 heavy (non-hydrogen) atoms. The number of H-pyrrole nitrogens is 1. The van der Waals surface area contributed by atoms with Crippen LogP contribution in [0.1, 0.15) is 138 Å². The van der Waals surface area contributed by atoms with Crippen LogP contribution in [0.2, 0.25) is 0 Å². The van der Waals surface area contributed by atoms with Gasteiger partial charge in [-0.3, -0.25) is 62.5 Å². The Balaban J connectivity index is 0.00000586. The van der Waals surface area contributed by atoms with Gasteiger partial charge in [-0.2, -0.15) is 9.59 Å². The standard InChI is InChI=1S/C90H116N12O24S2.CO2/c1-6-87(122)45-54-44-86(3,76-58(28-33-101(48-54)50-87)57-21-14-15-22-62(57)96-76)60-41-59-66(43-69(60)124-5)100(4)82-89(59)30-34-102-32-16-29-88(7-2,81(89)102)83(119)90(82,123)70(106)47-94-85(121)125-35-36-127-128-49-56(79(115)116)40-68(105)65(42-75(111)112)97-78(114)61(91)46-93-77(113)55(37-52-17-10-8-11-18-52)39-67(104)64(38-53-19-12-9-13-20-53)95-72(108)27-31-92-71(107)24-23-63(80(117)118)98-84(120)99-73(126-51-103)25-26-74(109)110;2-1-3/h8-22,29,41,43,51,54-56,61,63-65,73,81-83,96,119,122-123H,6-7,23-28,30-40,42,44-50,91H2,1-5H3,(H,92,107)(H,93,113)(H,94,121)(H,95,108)(H,97,114)(H,109,110)(H,111,112)(H,115,116)(H,117,118)(H2,98,99,120);/t54-,55+,56+,61-,63-,64-,65-,73+,81-,82?,83+,86+,87-,88+,89+,90-;/m0./s1. The van der Waals surface area contributed by atoms with Gasteiger partial charge in [0.2, 0.25) is 23.6 Å². The molecule has 4 aromatic carbocycles. The highest BCUT2D eigenvalue weighted by atomic mass is 33.1. The SMILES string of the molecule is CC[C@]1(O)C[C@H]2CN(CCc3c([nH]c4ccccc34)[C@@](C)(c3cc4c(cc3OC)N(C)C3[C@]45CCN4CC=C[C@@](CC)([C@@H](O)[C@]3(O)C(=O)CNC(=O)OCCSSC[C@@H](CC(=O)[C@H](CC(=O)O)NC(=O)[C@@H](N)CNC(=O)[C@@H](CC(=O)[C@H](Cc3ccccc3)NC(=O)CCNC(=O)CC[C@H](NC(=O)N[C@@H](CCC(=O)O)OC=O)C(=O)O)Cc3ccccc3)C(=O)O)[C@H]45)C2)C1.O=C=O. The number of aliphatic hydroxyl groups is 3. The number of aromatic nitrogens is 1. The van der Waals surface area contributed by atoms with E-state index in [1.807, 2.05) is 50.1 Å². The van der Waals surface area contributed by atoms with Gasteiger partial charge < -0.3 is 103 Å². The van der Waals surface area contributed by atoms with Gasteiger partial charge >= 0.3 is 42.2 Å². The number of hydrogen-bond donors (Lipinski definition) is 16. The number of carbonyl (C=O) groups excluding carboxylic acids is 12.